The summed E-state index contributed by atoms with van der Waals surface area (Å²) in [6.07, 6.45) is 0. The van der Waals surface area contributed by atoms with Gasteiger partial charge in [0.15, 0.2) is 23.3 Å². The zero-order valence-electron chi connectivity index (χ0n) is 10.8. The number of thiazole rings is 1. The van der Waals surface area contributed by atoms with Gasteiger partial charge < -0.3 is 0 Å². The molecule has 108 valence electrons. The Labute approximate surface area is 128 Å². The first-order valence-electron chi connectivity index (χ1n) is 5.92. The van der Waals surface area contributed by atoms with Gasteiger partial charge in [-0.3, -0.25) is 4.79 Å². The van der Waals surface area contributed by atoms with Gasteiger partial charge in [-0.25, -0.2) is 13.8 Å². The van der Waals surface area contributed by atoms with Crippen LogP contribution in [-0.2, 0) is 4.79 Å². The van der Waals surface area contributed by atoms with Crippen molar-refractivity contribution in [2.75, 3.05) is 0 Å². The lowest BCUT2D eigenvalue weighted by Gasteiger charge is -2.06. The van der Waals surface area contributed by atoms with Crippen molar-refractivity contribution in [2.24, 2.45) is 0 Å². The van der Waals surface area contributed by atoms with Crippen molar-refractivity contribution in [3.63, 3.8) is 0 Å². The predicted molar refractivity (Wildman–Crippen MR) is 76.1 cm³/mol. The van der Waals surface area contributed by atoms with Gasteiger partial charge in [0.05, 0.1) is 17.1 Å². The second-order valence-electron chi connectivity index (χ2n) is 4.28. The minimum absolute atomic E-state index is 0.287. The number of aromatic nitrogens is 1. The summed E-state index contributed by atoms with van der Waals surface area (Å²) in [4.78, 5) is 16.0. The number of halogens is 3. The number of ketones is 1. The summed E-state index contributed by atoms with van der Waals surface area (Å²) in [5.74, 6) is -3.42. The molecule has 2 rings (SSSR count). The predicted octanol–water partition coefficient (Wildman–Crippen LogP) is 3.89. The van der Waals surface area contributed by atoms with Crippen LogP contribution in [0.2, 0.25) is 0 Å². The third kappa shape index (κ3) is 3.26. The molecule has 0 amide bonds. The number of rotatable bonds is 4. The van der Waals surface area contributed by atoms with Crippen LogP contribution in [0.25, 0.3) is 11.3 Å². The standard InChI is InChI=1S/C14H9ClF2N2OS/c1-7(15)13(20)9(5-18)14-19-12(6-21-14)8-2-3-10(16)11(17)4-8/h2-4,6-7,9H,1H3. The molecule has 0 fully saturated rings. The molecule has 0 aliphatic carbocycles. The van der Waals surface area contributed by atoms with Crippen LogP contribution in [0.4, 0.5) is 8.78 Å². The van der Waals surface area contributed by atoms with E-state index < -0.39 is 28.7 Å². The summed E-state index contributed by atoms with van der Waals surface area (Å²) in [7, 11) is 0. The molecule has 1 aromatic carbocycles. The Kier molecular flexibility index (Phi) is 4.66. The molecule has 1 aromatic heterocycles. The molecule has 2 unspecified atom stereocenters. The zero-order chi connectivity index (χ0) is 15.6. The average Bonchev–Trinajstić information content (AvgIpc) is 2.92. The average molecular weight is 327 g/mol. The molecule has 0 saturated carbocycles. The Balaban J connectivity index is 2.35. The van der Waals surface area contributed by atoms with Crippen molar-refractivity contribution < 1.29 is 13.6 Å². The maximum Gasteiger partial charge on any atom is 0.174 e. The number of nitrogens with zero attached hydrogens (tertiary/aromatic N) is 2. The van der Waals surface area contributed by atoms with E-state index >= 15 is 0 Å². The van der Waals surface area contributed by atoms with Gasteiger partial charge in [-0.05, 0) is 25.1 Å². The number of Topliss-reactive ketones (excluding diaryl/α,β-unsaturated/α-hetero) is 1. The van der Waals surface area contributed by atoms with E-state index in [4.69, 9.17) is 16.9 Å². The third-order valence-electron chi connectivity index (χ3n) is 2.79. The number of nitriles is 1. The van der Waals surface area contributed by atoms with Crippen LogP contribution in [0.3, 0.4) is 0 Å². The van der Waals surface area contributed by atoms with E-state index in [-0.39, 0.29) is 5.01 Å². The molecule has 2 aromatic rings. The second-order valence-corrected chi connectivity index (χ2v) is 5.82. The Morgan fingerprint density at radius 3 is 2.71 bits per heavy atom. The minimum atomic E-state index is -1.05. The highest BCUT2D eigenvalue weighted by molar-refractivity contribution is 7.10. The summed E-state index contributed by atoms with van der Waals surface area (Å²) >= 11 is 6.80. The number of hydrogen-bond acceptors (Lipinski definition) is 4. The quantitative estimate of drug-likeness (QED) is 0.801. The molecular formula is C14H9ClF2N2OS. The van der Waals surface area contributed by atoms with E-state index in [1.807, 2.05) is 6.07 Å². The van der Waals surface area contributed by atoms with Gasteiger partial charge in [0.25, 0.3) is 0 Å². The topological polar surface area (TPSA) is 53.8 Å². The van der Waals surface area contributed by atoms with Gasteiger partial charge in [0, 0.05) is 10.9 Å². The largest absolute Gasteiger partial charge is 0.296 e. The maximum atomic E-state index is 13.2. The molecule has 2 atom stereocenters. The number of alkyl halides is 1. The Bertz CT molecular complexity index is 724. The van der Waals surface area contributed by atoms with E-state index in [1.165, 1.54) is 13.0 Å². The highest BCUT2D eigenvalue weighted by Crippen LogP contribution is 2.28. The fourth-order valence-electron chi connectivity index (χ4n) is 1.68. The van der Waals surface area contributed by atoms with Crippen molar-refractivity contribution in [3.05, 3.63) is 40.2 Å². The van der Waals surface area contributed by atoms with E-state index in [1.54, 1.807) is 5.38 Å². The first kappa shape index (κ1) is 15.5. The Hall–Kier alpha value is -1.84. The van der Waals surface area contributed by atoms with Crippen molar-refractivity contribution in [1.29, 1.82) is 5.26 Å². The summed E-state index contributed by atoms with van der Waals surface area (Å²) in [5, 5.41) is 10.2. The van der Waals surface area contributed by atoms with Crippen molar-refractivity contribution in [2.45, 2.75) is 18.2 Å². The summed E-state index contributed by atoms with van der Waals surface area (Å²) < 4.78 is 26.1. The third-order valence-corrected chi connectivity index (χ3v) is 3.91. The maximum absolute atomic E-state index is 13.2. The van der Waals surface area contributed by atoms with E-state index in [0.29, 0.717) is 11.3 Å². The van der Waals surface area contributed by atoms with Gasteiger partial charge in [0.2, 0.25) is 0 Å². The number of benzene rings is 1. The van der Waals surface area contributed by atoms with Gasteiger partial charge in [-0.2, -0.15) is 5.26 Å². The van der Waals surface area contributed by atoms with Crippen molar-refractivity contribution >= 4 is 28.7 Å². The van der Waals surface area contributed by atoms with Gasteiger partial charge in [-0.15, -0.1) is 22.9 Å². The molecule has 21 heavy (non-hydrogen) atoms. The van der Waals surface area contributed by atoms with Crippen LogP contribution in [-0.4, -0.2) is 16.1 Å². The lowest BCUT2D eigenvalue weighted by Crippen LogP contribution is -2.18. The van der Waals surface area contributed by atoms with Gasteiger partial charge in [-0.1, -0.05) is 0 Å². The minimum Gasteiger partial charge on any atom is -0.296 e. The van der Waals surface area contributed by atoms with Crippen LogP contribution >= 0.6 is 22.9 Å². The van der Waals surface area contributed by atoms with Crippen molar-refractivity contribution in [3.8, 4) is 17.3 Å². The Morgan fingerprint density at radius 1 is 1.43 bits per heavy atom. The summed E-state index contributed by atoms with van der Waals surface area (Å²) in [6.45, 7) is 1.48. The fraction of sp³-hybridized carbons (Fsp3) is 0.214. The molecule has 7 heteroatoms. The van der Waals surface area contributed by atoms with Gasteiger partial charge in [0.1, 0.15) is 5.01 Å². The van der Waals surface area contributed by atoms with Crippen LogP contribution in [0.15, 0.2) is 23.6 Å². The lowest BCUT2D eigenvalue weighted by molar-refractivity contribution is -0.118. The highest BCUT2D eigenvalue weighted by atomic mass is 35.5. The van der Waals surface area contributed by atoms with E-state index in [2.05, 4.69) is 4.98 Å². The second kappa shape index (κ2) is 6.29. The van der Waals surface area contributed by atoms with E-state index in [9.17, 15) is 13.6 Å². The lowest BCUT2D eigenvalue weighted by atomic mass is 10.0. The zero-order valence-corrected chi connectivity index (χ0v) is 12.4. The molecule has 0 saturated heterocycles. The molecule has 0 aliphatic rings. The van der Waals surface area contributed by atoms with E-state index in [0.717, 1.165) is 23.5 Å². The van der Waals surface area contributed by atoms with Crippen LogP contribution in [0, 0.1) is 23.0 Å². The molecule has 0 spiro atoms. The Morgan fingerprint density at radius 2 is 2.14 bits per heavy atom. The molecular weight excluding hydrogens is 318 g/mol. The molecule has 0 N–H and O–H groups in total. The number of carbonyl (C=O) groups is 1. The molecule has 0 radical (unpaired) electrons. The summed E-state index contributed by atoms with van der Waals surface area (Å²) in [6, 6.07) is 5.26. The van der Waals surface area contributed by atoms with Gasteiger partial charge >= 0.3 is 0 Å². The summed E-state index contributed by atoms with van der Waals surface area (Å²) in [5.41, 5.74) is 0.753. The van der Waals surface area contributed by atoms with Crippen LogP contribution in [0.1, 0.15) is 17.8 Å². The smallest absolute Gasteiger partial charge is 0.174 e. The van der Waals surface area contributed by atoms with Crippen molar-refractivity contribution in [1.82, 2.24) is 4.98 Å². The highest BCUT2D eigenvalue weighted by Gasteiger charge is 2.27. The SMILES string of the molecule is CC(Cl)C(=O)C(C#N)c1nc(-c2ccc(F)c(F)c2)cs1. The first-order valence-corrected chi connectivity index (χ1v) is 7.24. The van der Waals surface area contributed by atoms with Crippen LogP contribution in [0.5, 0.6) is 0 Å². The first-order chi connectivity index (χ1) is 9.93. The fourth-order valence-corrected chi connectivity index (χ4v) is 2.68. The molecule has 0 bridgehead atoms. The monoisotopic (exact) mass is 326 g/mol. The normalized spacial score (nSPS) is 13.5. The molecule has 1 heterocycles. The number of hydrogen-bond donors (Lipinski definition) is 0. The molecule has 0 aliphatic heterocycles. The number of carbonyl (C=O) groups excluding carboxylic acids is 1. The van der Waals surface area contributed by atoms with Crippen LogP contribution < -0.4 is 0 Å². The molecule has 3 nitrogen and oxygen atoms in total.